The maximum Gasteiger partial charge on any atom is 0.343 e. The smallest absolute Gasteiger partial charge is 0.343 e. The van der Waals surface area contributed by atoms with Crippen molar-refractivity contribution in [2.75, 3.05) is 19.7 Å². The number of rotatable bonds is 4. The second-order valence-electron chi connectivity index (χ2n) is 6.80. The highest BCUT2D eigenvalue weighted by Gasteiger charge is 2.25. The first-order valence-corrected chi connectivity index (χ1v) is 9.20. The van der Waals surface area contributed by atoms with Gasteiger partial charge in [-0.25, -0.2) is 13.9 Å². The molecule has 0 bridgehead atoms. The van der Waals surface area contributed by atoms with Crippen molar-refractivity contribution < 1.29 is 18.7 Å². The molecule has 1 aliphatic rings. The maximum absolute atomic E-state index is 13.1. The Balaban J connectivity index is 1.70. The Bertz CT molecular complexity index is 851. The van der Waals surface area contributed by atoms with Crippen molar-refractivity contribution in [3.8, 4) is 5.69 Å². The molecule has 1 aromatic carbocycles. The first-order chi connectivity index (χ1) is 12.9. The third kappa shape index (κ3) is 4.30. The van der Waals surface area contributed by atoms with Gasteiger partial charge in [0.25, 0.3) is 5.91 Å². The molecule has 0 N–H and O–H groups in total. The number of halogens is 2. The van der Waals surface area contributed by atoms with Crippen LogP contribution in [0.5, 0.6) is 0 Å². The van der Waals surface area contributed by atoms with Crippen molar-refractivity contribution in [3.05, 3.63) is 46.5 Å². The Hall–Kier alpha value is -2.41. The highest BCUT2D eigenvalue weighted by molar-refractivity contribution is 6.33. The normalized spacial score (nSPS) is 17.0. The van der Waals surface area contributed by atoms with Crippen LogP contribution in [0.15, 0.2) is 24.3 Å². The molecule has 1 saturated heterocycles. The molecule has 1 aromatic heterocycles. The largest absolute Gasteiger partial charge is 0.452 e. The third-order valence-electron chi connectivity index (χ3n) is 4.62. The van der Waals surface area contributed by atoms with Crippen LogP contribution < -0.4 is 0 Å². The number of likely N-dealkylation sites (tertiary alicyclic amines) is 1. The Labute approximate surface area is 161 Å². The zero-order chi connectivity index (χ0) is 19.6. The summed E-state index contributed by atoms with van der Waals surface area (Å²) in [5, 5.41) is 4.28. The van der Waals surface area contributed by atoms with E-state index < -0.39 is 5.97 Å². The number of esters is 1. The molecule has 0 aliphatic carbocycles. The van der Waals surface area contributed by atoms with Gasteiger partial charge < -0.3 is 9.64 Å². The van der Waals surface area contributed by atoms with Gasteiger partial charge in [0, 0.05) is 13.1 Å². The minimum absolute atomic E-state index is 0.0585. The van der Waals surface area contributed by atoms with Crippen LogP contribution in [0.1, 0.15) is 35.8 Å². The first-order valence-electron chi connectivity index (χ1n) is 8.82. The van der Waals surface area contributed by atoms with Gasteiger partial charge in [-0.3, -0.25) is 4.79 Å². The van der Waals surface area contributed by atoms with E-state index in [4.69, 9.17) is 16.3 Å². The van der Waals surface area contributed by atoms with Crippen LogP contribution in [0.3, 0.4) is 0 Å². The standard InChI is InChI=1S/C19H21ClFN3O3/c1-12-4-3-9-23(10-12)16(25)11-27-19(26)17-13(2)22-24(18(17)20)15-7-5-14(21)6-8-15/h5-8,12H,3-4,9-11H2,1-2H3/t12-/m0/s1. The highest BCUT2D eigenvalue weighted by Crippen LogP contribution is 2.24. The number of benzene rings is 1. The first kappa shape index (κ1) is 19.4. The topological polar surface area (TPSA) is 64.4 Å². The monoisotopic (exact) mass is 393 g/mol. The lowest BCUT2D eigenvalue weighted by Crippen LogP contribution is -2.41. The van der Waals surface area contributed by atoms with E-state index in [2.05, 4.69) is 12.0 Å². The fraction of sp³-hybridized carbons (Fsp3) is 0.421. The Morgan fingerprint density at radius 3 is 2.70 bits per heavy atom. The van der Waals surface area contributed by atoms with Gasteiger partial charge in [0.05, 0.1) is 11.4 Å². The highest BCUT2D eigenvalue weighted by atomic mass is 35.5. The van der Waals surface area contributed by atoms with Gasteiger partial charge >= 0.3 is 5.97 Å². The van der Waals surface area contributed by atoms with Crippen LogP contribution in [-0.2, 0) is 9.53 Å². The molecule has 1 amide bonds. The van der Waals surface area contributed by atoms with Crippen LogP contribution in [0, 0.1) is 18.7 Å². The minimum Gasteiger partial charge on any atom is -0.452 e. The number of hydrogen-bond acceptors (Lipinski definition) is 4. The van der Waals surface area contributed by atoms with Crippen molar-refractivity contribution in [2.24, 2.45) is 5.92 Å². The summed E-state index contributed by atoms with van der Waals surface area (Å²) in [7, 11) is 0. The quantitative estimate of drug-likeness (QED) is 0.747. The summed E-state index contributed by atoms with van der Waals surface area (Å²) >= 11 is 6.29. The minimum atomic E-state index is -0.704. The molecule has 1 atom stereocenters. The lowest BCUT2D eigenvalue weighted by Gasteiger charge is -2.30. The van der Waals surface area contributed by atoms with E-state index in [1.807, 2.05) is 0 Å². The molecule has 6 nitrogen and oxygen atoms in total. The van der Waals surface area contributed by atoms with Crippen molar-refractivity contribution >= 4 is 23.5 Å². The fourth-order valence-electron chi connectivity index (χ4n) is 3.19. The summed E-state index contributed by atoms with van der Waals surface area (Å²) in [4.78, 5) is 26.4. The molecule has 0 unspecified atom stereocenters. The number of carbonyl (C=O) groups is 2. The van der Waals surface area contributed by atoms with E-state index in [1.165, 1.54) is 28.9 Å². The summed E-state index contributed by atoms with van der Waals surface area (Å²) in [6.07, 6.45) is 2.05. The Morgan fingerprint density at radius 1 is 1.33 bits per heavy atom. The van der Waals surface area contributed by atoms with Crippen molar-refractivity contribution in [2.45, 2.75) is 26.7 Å². The van der Waals surface area contributed by atoms with Crippen molar-refractivity contribution in [3.63, 3.8) is 0 Å². The van der Waals surface area contributed by atoms with Gasteiger partial charge in [-0.2, -0.15) is 5.10 Å². The average Bonchev–Trinajstić information content (AvgIpc) is 2.94. The Kier molecular flexibility index (Phi) is 5.79. The van der Waals surface area contributed by atoms with Crippen LogP contribution >= 0.6 is 11.6 Å². The molecule has 0 saturated carbocycles. The molecular formula is C19H21ClFN3O3. The molecule has 1 aliphatic heterocycles. The summed E-state index contributed by atoms with van der Waals surface area (Å²) in [6, 6.07) is 5.56. The number of aryl methyl sites for hydroxylation is 1. The molecule has 1 fully saturated rings. The summed E-state index contributed by atoms with van der Waals surface area (Å²) in [6.45, 7) is 4.75. The van der Waals surface area contributed by atoms with Crippen molar-refractivity contribution in [1.29, 1.82) is 0 Å². The zero-order valence-electron chi connectivity index (χ0n) is 15.2. The molecular weight excluding hydrogens is 373 g/mol. The molecule has 2 heterocycles. The fourth-order valence-corrected chi connectivity index (χ4v) is 3.54. The van der Waals surface area contributed by atoms with E-state index in [9.17, 15) is 14.0 Å². The van der Waals surface area contributed by atoms with E-state index >= 15 is 0 Å². The summed E-state index contributed by atoms with van der Waals surface area (Å²) in [5.41, 5.74) is 0.983. The predicted octanol–water partition coefficient (Wildman–Crippen LogP) is 3.39. The Morgan fingerprint density at radius 2 is 2.04 bits per heavy atom. The van der Waals surface area contributed by atoms with E-state index in [1.54, 1.807) is 11.8 Å². The number of hydrogen-bond donors (Lipinski definition) is 0. The molecule has 144 valence electrons. The lowest BCUT2D eigenvalue weighted by atomic mass is 10.0. The number of carbonyl (C=O) groups excluding carboxylic acids is 2. The third-order valence-corrected chi connectivity index (χ3v) is 4.96. The molecule has 0 radical (unpaired) electrons. The molecule has 2 aromatic rings. The number of piperidine rings is 1. The van der Waals surface area contributed by atoms with Gasteiger partial charge in [0.1, 0.15) is 16.5 Å². The van der Waals surface area contributed by atoms with E-state index in [0.29, 0.717) is 30.4 Å². The predicted molar refractivity (Wildman–Crippen MR) is 98.5 cm³/mol. The maximum atomic E-state index is 13.1. The van der Waals surface area contributed by atoms with E-state index in [0.717, 1.165) is 12.8 Å². The average molecular weight is 394 g/mol. The number of amides is 1. The molecule has 8 heteroatoms. The van der Waals surface area contributed by atoms with Gasteiger partial charge in [-0.1, -0.05) is 18.5 Å². The molecule has 27 heavy (non-hydrogen) atoms. The van der Waals surface area contributed by atoms with Gasteiger partial charge in [-0.15, -0.1) is 0 Å². The van der Waals surface area contributed by atoms with Crippen molar-refractivity contribution in [1.82, 2.24) is 14.7 Å². The zero-order valence-corrected chi connectivity index (χ0v) is 16.0. The second-order valence-corrected chi connectivity index (χ2v) is 7.16. The lowest BCUT2D eigenvalue weighted by molar-refractivity contribution is -0.136. The SMILES string of the molecule is Cc1nn(-c2ccc(F)cc2)c(Cl)c1C(=O)OCC(=O)N1CCC[C@H](C)C1. The second kappa shape index (κ2) is 8.08. The van der Waals surface area contributed by atoms with E-state index in [-0.39, 0.29) is 29.0 Å². The summed E-state index contributed by atoms with van der Waals surface area (Å²) in [5.74, 6) is -0.855. The van der Waals surface area contributed by atoms with Gasteiger partial charge in [0.15, 0.2) is 6.61 Å². The van der Waals surface area contributed by atoms with Crippen LogP contribution in [-0.4, -0.2) is 46.3 Å². The van der Waals surface area contributed by atoms with Crippen LogP contribution in [0.2, 0.25) is 5.15 Å². The molecule has 3 rings (SSSR count). The molecule has 0 spiro atoms. The van der Waals surface area contributed by atoms with Crippen LogP contribution in [0.25, 0.3) is 5.69 Å². The van der Waals surface area contributed by atoms with Gasteiger partial charge in [-0.05, 0) is 49.9 Å². The summed E-state index contributed by atoms with van der Waals surface area (Å²) < 4.78 is 19.6. The number of nitrogens with zero attached hydrogens (tertiary/aromatic N) is 3. The number of ether oxygens (including phenoxy) is 1. The number of aromatic nitrogens is 2. The van der Waals surface area contributed by atoms with Gasteiger partial charge in [0.2, 0.25) is 0 Å². The van der Waals surface area contributed by atoms with Crippen LogP contribution in [0.4, 0.5) is 4.39 Å².